The average Bonchev–Trinajstić information content (AvgIpc) is 2.55. The van der Waals surface area contributed by atoms with Crippen molar-refractivity contribution >= 4 is 7.37 Å². The molecule has 0 bridgehead atoms. The van der Waals surface area contributed by atoms with E-state index in [-0.39, 0.29) is 13.2 Å². The first-order valence-corrected chi connectivity index (χ1v) is 10.7. The van der Waals surface area contributed by atoms with Crippen molar-refractivity contribution in [2.24, 2.45) is 0 Å². The summed E-state index contributed by atoms with van der Waals surface area (Å²) >= 11 is 0. The van der Waals surface area contributed by atoms with Crippen molar-refractivity contribution in [3.05, 3.63) is 29.8 Å². The summed E-state index contributed by atoms with van der Waals surface area (Å²) in [6.45, 7) is 2.40. The summed E-state index contributed by atoms with van der Waals surface area (Å²) in [5, 5.41) is 17.8. The van der Waals surface area contributed by atoms with Gasteiger partial charge in [0, 0.05) is 25.5 Å². The molecule has 0 atom stereocenters. The average molecular weight is 342 g/mol. The Hall–Kier alpha value is -0.830. The van der Waals surface area contributed by atoms with Crippen LogP contribution in [-0.4, -0.2) is 35.8 Å². The van der Waals surface area contributed by atoms with Gasteiger partial charge in [-0.15, -0.1) is 0 Å². The molecule has 4 nitrogen and oxygen atoms in total. The zero-order chi connectivity index (χ0) is 17.0. The summed E-state index contributed by atoms with van der Waals surface area (Å²) < 4.78 is 18.9. The number of unbranched alkanes of at least 4 members (excludes halogenated alkanes) is 3. The number of aliphatic hydroxyl groups is 2. The maximum absolute atomic E-state index is 13.0. The third kappa shape index (κ3) is 8.55. The molecule has 132 valence electrons. The highest BCUT2D eigenvalue weighted by atomic mass is 31.2. The summed E-state index contributed by atoms with van der Waals surface area (Å²) in [6, 6.07) is 7.87. The van der Waals surface area contributed by atoms with Gasteiger partial charge in [-0.25, -0.2) is 0 Å². The number of rotatable bonds is 13. The molecule has 23 heavy (non-hydrogen) atoms. The molecular weight excluding hydrogens is 311 g/mol. The molecule has 1 aromatic carbocycles. The zero-order valence-corrected chi connectivity index (χ0v) is 15.1. The van der Waals surface area contributed by atoms with E-state index < -0.39 is 7.37 Å². The molecule has 0 saturated carbocycles. The van der Waals surface area contributed by atoms with E-state index in [1.807, 2.05) is 24.3 Å². The zero-order valence-electron chi connectivity index (χ0n) is 14.2. The number of aliphatic hydroxyl groups excluding tert-OH is 2. The van der Waals surface area contributed by atoms with Crippen LogP contribution >= 0.6 is 7.37 Å². The lowest BCUT2D eigenvalue weighted by Crippen LogP contribution is -2.04. The van der Waals surface area contributed by atoms with Crippen molar-refractivity contribution in [1.29, 1.82) is 0 Å². The van der Waals surface area contributed by atoms with Crippen molar-refractivity contribution in [3.8, 4) is 5.75 Å². The first-order chi connectivity index (χ1) is 11.1. The van der Waals surface area contributed by atoms with E-state index >= 15 is 0 Å². The fourth-order valence-electron chi connectivity index (χ4n) is 2.42. The second-order valence-corrected chi connectivity index (χ2v) is 8.67. The summed E-state index contributed by atoms with van der Waals surface area (Å²) in [5.41, 5.74) is 1.27. The maximum Gasteiger partial charge on any atom is 0.247 e. The third-order valence-corrected chi connectivity index (χ3v) is 6.37. The van der Waals surface area contributed by atoms with Crippen LogP contribution in [0.15, 0.2) is 24.3 Å². The highest BCUT2D eigenvalue weighted by molar-refractivity contribution is 7.59. The quantitative estimate of drug-likeness (QED) is 0.416. The van der Waals surface area contributed by atoms with Crippen molar-refractivity contribution < 1.29 is 19.3 Å². The Morgan fingerprint density at radius 3 is 1.96 bits per heavy atom. The van der Waals surface area contributed by atoms with Gasteiger partial charge in [0.05, 0.1) is 0 Å². The second-order valence-electron chi connectivity index (χ2n) is 5.96. The summed E-state index contributed by atoms with van der Waals surface area (Å²) in [6.07, 6.45) is 7.04. The lowest BCUT2D eigenvalue weighted by molar-refractivity contribution is 0.286. The molecular formula is C18H31O4P. The number of benzene rings is 1. The molecule has 2 N–H and O–H groups in total. The van der Waals surface area contributed by atoms with E-state index in [0.29, 0.717) is 43.8 Å². The predicted molar refractivity (Wildman–Crippen MR) is 95.7 cm³/mol. The van der Waals surface area contributed by atoms with E-state index in [1.54, 1.807) is 0 Å². The highest BCUT2D eigenvalue weighted by Crippen LogP contribution is 2.48. The Morgan fingerprint density at radius 2 is 1.48 bits per heavy atom. The van der Waals surface area contributed by atoms with Gasteiger partial charge in [0.1, 0.15) is 5.75 Å². The van der Waals surface area contributed by atoms with Gasteiger partial charge in [-0.1, -0.05) is 25.5 Å². The molecule has 1 rings (SSSR count). The van der Waals surface area contributed by atoms with Crippen LogP contribution in [0.4, 0.5) is 0 Å². The number of hydrogen-bond donors (Lipinski definition) is 2. The summed E-state index contributed by atoms with van der Waals surface area (Å²) in [7, 11) is -2.76. The highest BCUT2D eigenvalue weighted by Gasteiger charge is 2.23. The van der Waals surface area contributed by atoms with Gasteiger partial charge in [0.2, 0.25) is 7.37 Å². The second kappa shape index (κ2) is 11.7. The van der Waals surface area contributed by atoms with Crippen LogP contribution in [0, 0.1) is 0 Å². The Morgan fingerprint density at radius 1 is 0.913 bits per heavy atom. The Labute approximate surface area is 140 Å². The largest absolute Gasteiger partial charge is 0.443 e. The molecule has 0 aromatic heterocycles. The molecule has 0 spiro atoms. The van der Waals surface area contributed by atoms with Crippen LogP contribution < -0.4 is 4.52 Å². The fourth-order valence-corrected chi connectivity index (χ4v) is 4.75. The normalized spacial score (nSPS) is 11.6. The number of aryl methyl sites for hydroxylation is 1. The summed E-state index contributed by atoms with van der Waals surface area (Å²) in [5.74, 6) is 0.654. The first-order valence-electron chi connectivity index (χ1n) is 8.72. The molecule has 0 radical (unpaired) electrons. The van der Waals surface area contributed by atoms with E-state index in [2.05, 4.69) is 6.92 Å². The van der Waals surface area contributed by atoms with Crippen LogP contribution in [0.25, 0.3) is 0 Å². The topological polar surface area (TPSA) is 66.8 Å². The standard InChI is InChI=1S/C18H31O4P/c1-2-3-8-17-9-11-18(12-10-17)22-23(21,15-6-4-13-19)16-7-5-14-20/h9-12,19-20H,2-8,13-16H2,1H3. The SMILES string of the molecule is CCCCc1ccc(OP(=O)(CCCCO)CCCCO)cc1. The van der Waals surface area contributed by atoms with Crippen molar-refractivity contribution in [2.45, 2.75) is 51.9 Å². The van der Waals surface area contributed by atoms with E-state index in [9.17, 15) is 4.57 Å². The molecule has 5 heteroatoms. The molecule has 1 aromatic rings. The molecule has 0 aliphatic carbocycles. The Bertz CT molecular complexity index is 445. The molecule has 0 unspecified atom stereocenters. The molecule has 0 heterocycles. The molecule has 0 fully saturated rings. The Kier molecular flexibility index (Phi) is 10.3. The van der Waals surface area contributed by atoms with Gasteiger partial charge in [0.25, 0.3) is 0 Å². The molecule has 0 aliphatic heterocycles. The van der Waals surface area contributed by atoms with Crippen LogP contribution in [0.5, 0.6) is 5.75 Å². The monoisotopic (exact) mass is 342 g/mol. The van der Waals surface area contributed by atoms with E-state index in [0.717, 1.165) is 6.42 Å². The molecule has 0 saturated heterocycles. The van der Waals surface area contributed by atoms with Gasteiger partial charge >= 0.3 is 0 Å². The predicted octanol–water partition coefficient (Wildman–Crippen LogP) is 4.23. The van der Waals surface area contributed by atoms with Gasteiger partial charge < -0.3 is 14.7 Å². The van der Waals surface area contributed by atoms with Crippen molar-refractivity contribution in [3.63, 3.8) is 0 Å². The van der Waals surface area contributed by atoms with Crippen molar-refractivity contribution in [1.82, 2.24) is 0 Å². The van der Waals surface area contributed by atoms with Gasteiger partial charge in [-0.2, -0.15) is 0 Å². The van der Waals surface area contributed by atoms with Gasteiger partial charge in [0.15, 0.2) is 0 Å². The van der Waals surface area contributed by atoms with Crippen LogP contribution in [0.1, 0.15) is 51.0 Å². The van der Waals surface area contributed by atoms with Gasteiger partial charge in [-0.3, -0.25) is 4.57 Å². The van der Waals surface area contributed by atoms with Crippen LogP contribution in [0.2, 0.25) is 0 Å². The van der Waals surface area contributed by atoms with Crippen LogP contribution in [-0.2, 0) is 11.0 Å². The third-order valence-electron chi connectivity index (χ3n) is 3.83. The minimum absolute atomic E-state index is 0.114. The summed E-state index contributed by atoms with van der Waals surface area (Å²) in [4.78, 5) is 0. The van der Waals surface area contributed by atoms with Gasteiger partial charge in [-0.05, 0) is 56.2 Å². The maximum atomic E-state index is 13.0. The van der Waals surface area contributed by atoms with Crippen LogP contribution in [0.3, 0.4) is 0 Å². The minimum atomic E-state index is -2.76. The lowest BCUT2D eigenvalue weighted by atomic mass is 10.1. The molecule has 0 aliphatic rings. The van der Waals surface area contributed by atoms with E-state index in [1.165, 1.54) is 18.4 Å². The van der Waals surface area contributed by atoms with Crippen molar-refractivity contribution in [2.75, 3.05) is 25.5 Å². The Balaban J connectivity index is 2.64. The lowest BCUT2D eigenvalue weighted by Gasteiger charge is -2.20. The number of hydrogen-bond acceptors (Lipinski definition) is 4. The first kappa shape index (κ1) is 20.2. The smallest absolute Gasteiger partial charge is 0.247 e. The fraction of sp³-hybridized carbons (Fsp3) is 0.667. The minimum Gasteiger partial charge on any atom is -0.443 e. The molecule has 0 amide bonds. The van der Waals surface area contributed by atoms with E-state index in [4.69, 9.17) is 14.7 Å².